The number of aromatic nitrogens is 3. The van der Waals surface area contributed by atoms with E-state index in [0.29, 0.717) is 11.5 Å². The fourth-order valence-corrected chi connectivity index (χ4v) is 3.06. The van der Waals surface area contributed by atoms with Gasteiger partial charge in [-0.15, -0.1) is 5.10 Å². The number of hydrogen-bond donors (Lipinski definition) is 1. The second-order valence-corrected chi connectivity index (χ2v) is 6.65. The quantitative estimate of drug-likeness (QED) is 0.563. The minimum Gasteiger partial charge on any atom is -0.319 e. The van der Waals surface area contributed by atoms with Crippen molar-refractivity contribution >= 4 is 11.6 Å². The third-order valence-corrected chi connectivity index (χ3v) is 4.46. The van der Waals surface area contributed by atoms with Gasteiger partial charge in [-0.25, -0.2) is 9.67 Å². The molecule has 0 saturated carbocycles. The van der Waals surface area contributed by atoms with Gasteiger partial charge in [-0.05, 0) is 43.7 Å². The van der Waals surface area contributed by atoms with Crippen molar-refractivity contribution in [1.82, 2.24) is 14.8 Å². The molecule has 0 atom stereocenters. The Bertz CT molecular complexity index is 1130. The lowest BCUT2D eigenvalue weighted by Gasteiger charge is -2.09. The van der Waals surface area contributed by atoms with Gasteiger partial charge in [0.2, 0.25) is 5.82 Å². The average molecular weight is 368 g/mol. The van der Waals surface area contributed by atoms with Crippen LogP contribution in [0.5, 0.6) is 0 Å². The predicted molar refractivity (Wildman–Crippen MR) is 111 cm³/mol. The molecule has 0 bridgehead atoms. The molecular formula is C23H20N4O. The molecule has 5 nitrogen and oxygen atoms in total. The molecule has 0 unspecified atom stereocenters. The monoisotopic (exact) mass is 368 g/mol. The topological polar surface area (TPSA) is 59.8 Å². The number of aryl methyl sites for hydroxylation is 2. The highest BCUT2D eigenvalue weighted by Gasteiger charge is 2.19. The van der Waals surface area contributed by atoms with Crippen molar-refractivity contribution in [3.8, 4) is 17.1 Å². The highest BCUT2D eigenvalue weighted by molar-refractivity contribution is 6.01. The van der Waals surface area contributed by atoms with Crippen LogP contribution in [0.15, 0.2) is 78.9 Å². The fraction of sp³-hybridized carbons (Fsp3) is 0.0870. The second kappa shape index (κ2) is 7.48. The number of nitrogens with one attached hydrogen (secondary N) is 1. The first kappa shape index (κ1) is 17.7. The molecule has 5 heteroatoms. The molecule has 138 valence electrons. The minimum absolute atomic E-state index is 0.128. The molecule has 1 heterocycles. The number of hydrogen-bond acceptors (Lipinski definition) is 3. The first-order valence-corrected chi connectivity index (χ1v) is 9.08. The molecule has 1 amide bonds. The van der Waals surface area contributed by atoms with Gasteiger partial charge in [0.1, 0.15) is 0 Å². The summed E-state index contributed by atoms with van der Waals surface area (Å²) in [7, 11) is 0. The van der Waals surface area contributed by atoms with Crippen LogP contribution in [0.4, 0.5) is 5.69 Å². The van der Waals surface area contributed by atoms with E-state index in [1.807, 2.05) is 92.7 Å². The van der Waals surface area contributed by atoms with E-state index in [4.69, 9.17) is 0 Å². The third-order valence-electron chi connectivity index (χ3n) is 4.46. The highest BCUT2D eigenvalue weighted by Crippen LogP contribution is 2.24. The highest BCUT2D eigenvalue weighted by atomic mass is 16.2. The van der Waals surface area contributed by atoms with Gasteiger partial charge in [0.25, 0.3) is 5.91 Å². The molecule has 28 heavy (non-hydrogen) atoms. The standard InChI is InChI=1S/C23H20N4O/c1-16-9-8-11-18(15-16)22-25-21(23(28)24-19-12-4-3-5-13-19)26-27(22)20-14-7-6-10-17(20)2/h3-15H,1-2H3,(H,24,28). The maximum atomic E-state index is 12.7. The van der Waals surface area contributed by atoms with Gasteiger partial charge in [0.15, 0.2) is 5.82 Å². The van der Waals surface area contributed by atoms with Crippen LogP contribution in [-0.4, -0.2) is 20.7 Å². The number of rotatable bonds is 4. The zero-order chi connectivity index (χ0) is 19.5. The van der Waals surface area contributed by atoms with Crippen LogP contribution in [0, 0.1) is 13.8 Å². The molecule has 0 aliphatic carbocycles. The van der Waals surface area contributed by atoms with E-state index in [1.54, 1.807) is 4.68 Å². The van der Waals surface area contributed by atoms with Gasteiger partial charge in [-0.3, -0.25) is 4.79 Å². The van der Waals surface area contributed by atoms with Crippen molar-refractivity contribution in [2.45, 2.75) is 13.8 Å². The molecule has 4 aromatic rings. The lowest BCUT2D eigenvalue weighted by Crippen LogP contribution is -2.14. The maximum absolute atomic E-state index is 12.7. The Hall–Kier alpha value is -3.73. The van der Waals surface area contributed by atoms with Crippen molar-refractivity contribution in [3.63, 3.8) is 0 Å². The molecule has 0 saturated heterocycles. The SMILES string of the molecule is Cc1cccc(-c2nc(C(=O)Nc3ccccc3)nn2-c2ccccc2C)c1. The van der Waals surface area contributed by atoms with E-state index in [1.165, 1.54) is 0 Å². The largest absolute Gasteiger partial charge is 0.319 e. The van der Waals surface area contributed by atoms with Crippen molar-refractivity contribution in [1.29, 1.82) is 0 Å². The molecule has 4 rings (SSSR count). The normalized spacial score (nSPS) is 10.6. The molecule has 3 aromatic carbocycles. The number of carbonyl (C=O) groups excluding carboxylic acids is 1. The minimum atomic E-state index is -0.340. The van der Waals surface area contributed by atoms with Gasteiger partial charge < -0.3 is 5.32 Å². The lowest BCUT2D eigenvalue weighted by molar-refractivity contribution is 0.101. The fourth-order valence-electron chi connectivity index (χ4n) is 3.06. The van der Waals surface area contributed by atoms with Crippen molar-refractivity contribution in [2.75, 3.05) is 5.32 Å². The molecule has 0 aliphatic rings. The molecule has 1 aromatic heterocycles. The predicted octanol–water partition coefficient (Wildman–Crippen LogP) is 4.80. The summed E-state index contributed by atoms with van der Waals surface area (Å²) in [6, 6.07) is 25.2. The number of anilines is 1. The summed E-state index contributed by atoms with van der Waals surface area (Å²) in [5.41, 5.74) is 4.68. The van der Waals surface area contributed by atoms with E-state index in [-0.39, 0.29) is 11.7 Å². The van der Waals surface area contributed by atoms with Crippen LogP contribution in [-0.2, 0) is 0 Å². The van der Waals surface area contributed by atoms with Gasteiger partial charge in [-0.2, -0.15) is 0 Å². The summed E-state index contributed by atoms with van der Waals surface area (Å²) in [6.07, 6.45) is 0. The summed E-state index contributed by atoms with van der Waals surface area (Å²) >= 11 is 0. The number of nitrogens with zero attached hydrogens (tertiary/aromatic N) is 3. The molecular weight excluding hydrogens is 348 g/mol. The van der Waals surface area contributed by atoms with E-state index < -0.39 is 0 Å². The Balaban J connectivity index is 1.80. The zero-order valence-corrected chi connectivity index (χ0v) is 15.8. The third kappa shape index (κ3) is 3.55. The Morgan fingerprint density at radius 1 is 0.893 bits per heavy atom. The van der Waals surface area contributed by atoms with Crippen LogP contribution in [0.1, 0.15) is 21.7 Å². The molecule has 0 aliphatic heterocycles. The van der Waals surface area contributed by atoms with E-state index in [2.05, 4.69) is 15.4 Å². The van der Waals surface area contributed by atoms with Gasteiger partial charge in [0.05, 0.1) is 5.69 Å². The number of carbonyl (C=O) groups is 1. The van der Waals surface area contributed by atoms with E-state index in [0.717, 1.165) is 22.4 Å². The Morgan fingerprint density at radius 3 is 2.39 bits per heavy atom. The Labute approximate surface area is 163 Å². The van der Waals surface area contributed by atoms with Crippen LogP contribution >= 0.6 is 0 Å². The van der Waals surface area contributed by atoms with Crippen molar-refractivity contribution in [3.05, 3.63) is 95.8 Å². The lowest BCUT2D eigenvalue weighted by atomic mass is 10.1. The first-order valence-electron chi connectivity index (χ1n) is 9.08. The summed E-state index contributed by atoms with van der Waals surface area (Å²) in [4.78, 5) is 17.3. The second-order valence-electron chi connectivity index (χ2n) is 6.65. The van der Waals surface area contributed by atoms with E-state index in [9.17, 15) is 4.79 Å². The molecule has 0 spiro atoms. The van der Waals surface area contributed by atoms with Crippen LogP contribution < -0.4 is 5.32 Å². The van der Waals surface area contributed by atoms with Crippen molar-refractivity contribution in [2.24, 2.45) is 0 Å². The van der Waals surface area contributed by atoms with Crippen LogP contribution in [0.25, 0.3) is 17.1 Å². The number of amides is 1. The summed E-state index contributed by atoms with van der Waals surface area (Å²) in [5, 5.41) is 7.39. The molecule has 1 N–H and O–H groups in total. The summed E-state index contributed by atoms with van der Waals surface area (Å²) in [6.45, 7) is 4.04. The Kier molecular flexibility index (Phi) is 4.72. The number of para-hydroxylation sites is 2. The maximum Gasteiger partial charge on any atom is 0.295 e. The molecule has 0 fully saturated rings. The average Bonchev–Trinajstić information content (AvgIpc) is 3.14. The first-order chi connectivity index (χ1) is 13.6. The van der Waals surface area contributed by atoms with Crippen molar-refractivity contribution < 1.29 is 4.79 Å². The van der Waals surface area contributed by atoms with E-state index >= 15 is 0 Å². The van der Waals surface area contributed by atoms with Gasteiger partial charge in [0, 0.05) is 11.3 Å². The van der Waals surface area contributed by atoms with Gasteiger partial charge in [-0.1, -0.05) is 60.2 Å². The summed E-state index contributed by atoms with van der Waals surface area (Å²) < 4.78 is 1.74. The summed E-state index contributed by atoms with van der Waals surface area (Å²) in [5.74, 6) is 0.423. The Morgan fingerprint density at radius 2 is 1.64 bits per heavy atom. The van der Waals surface area contributed by atoms with Crippen LogP contribution in [0.3, 0.4) is 0 Å². The van der Waals surface area contributed by atoms with Gasteiger partial charge >= 0.3 is 0 Å². The molecule has 0 radical (unpaired) electrons. The van der Waals surface area contributed by atoms with Crippen LogP contribution in [0.2, 0.25) is 0 Å². The number of benzene rings is 3. The zero-order valence-electron chi connectivity index (χ0n) is 15.8. The smallest absolute Gasteiger partial charge is 0.295 e.